The molecule has 0 aliphatic rings. The largest absolute Gasteiger partial charge is 0.397 e. The number of nitrogens with two attached hydrogens (primary N) is 1. The van der Waals surface area contributed by atoms with Gasteiger partial charge in [-0.2, -0.15) is 0 Å². The van der Waals surface area contributed by atoms with Crippen molar-refractivity contribution in [2.24, 2.45) is 0 Å². The number of carbonyl (C=O) groups excluding carboxylic acids is 1. The molecule has 1 rings (SSSR count). The summed E-state index contributed by atoms with van der Waals surface area (Å²) in [6.45, 7) is 5.67. The van der Waals surface area contributed by atoms with Crippen LogP contribution in [-0.4, -0.2) is 40.2 Å². The molecular formula is C12H21N3O2. The van der Waals surface area contributed by atoms with Crippen LogP contribution in [0.15, 0.2) is 12.3 Å². The Labute approximate surface area is 102 Å². The number of amides is 1. The van der Waals surface area contributed by atoms with Gasteiger partial charge in [0.2, 0.25) is 0 Å². The number of carbonyl (C=O) groups is 1. The number of rotatable bonds is 6. The summed E-state index contributed by atoms with van der Waals surface area (Å²) in [7, 11) is 0. The maximum atomic E-state index is 12.3. The Morgan fingerprint density at radius 3 is 2.71 bits per heavy atom. The lowest BCUT2D eigenvalue weighted by Crippen LogP contribution is -2.35. The summed E-state index contributed by atoms with van der Waals surface area (Å²) in [4.78, 5) is 13.9. The molecule has 0 bridgehead atoms. The summed E-state index contributed by atoms with van der Waals surface area (Å²) < 4.78 is 1.83. The van der Waals surface area contributed by atoms with Crippen LogP contribution in [0.5, 0.6) is 0 Å². The summed E-state index contributed by atoms with van der Waals surface area (Å²) in [6, 6.07) is 1.69. The van der Waals surface area contributed by atoms with Gasteiger partial charge in [-0.05, 0) is 19.4 Å². The number of hydrogen-bond donors (Lipinski definition) is 2. The summed E-state index contributed by atoms with van der Waals surface area (Å²) in [5.74, 6) is -0.0700. The molecule has 1 aromatic rings. The Morgan fingerprint density at radius 1 is 1.47 bits per heavy atom. The minimum Gasteiger partial charge on any atom is -0.397 e. The summed E-state index contributed by atoms with van der Waals surface area (Å²) in [5.41, 5.74) is 6.88. The lowest BCUT2D eigenvalue weighted by molar-refractivity contribution is 0.0711. The van der Waals surface area contributed by atoms with Crippen molar-refractivity contribution in [1.82, 2.24) is 9.47 Å². The second kappa shape index (κ2) is 6.30. The minimum atomic E-state index is -0.0700. The number of nitrogen functional groups attached to an aromatic ring is 1. The quantitative estimate of drug-likeness (QED) is 0.776. The summed E-state index contributed by atoms with van der Waals surface area (Å²) >= 11 is 0. The second-order valence-corrected chi connectivity index (χ2v) is 3.96. The van der Waals surface area contributed by atoms with Gasteiger partial charge in [-0.3, -0.25) is 4.79 Å². The summed E-state index contributed by atoms with van der Waals surface area (Å²) in [5, 5.41) is 8.97. The van der Waals surface area contributed by atoms with Gasteiger partial charge in [0.05, 0.1) is 12.3 Å². The first kappa shape index (κ1) is 13.6. The Balaban J connectivity index is 2.91. The molecule has 1 amide bonds. The lowest BCUT2D eigenvalue weighted by atomic mass is 10.3. The second-order valence-electron chi connectivity index (χ2n) is 3.96. The number of aliphatic hydroxyl groups is 1. The fourth-order valence-electron chi connectivity index (χ4n) is 1.84. The van der Waals surface area contributed by atoms with E-state index in [2.05, 4.69) is 0 Å². The van der Waals surface area contributed by atoms with E-state index in [1.54, 1.807) is 17.2 Å². The van der Waals surface area contributed by atoms with Gasteiger partial charge >= 0.3 is 0 Å². The molecule has 0 saturated carbocycles. The van der Waals surface area contributed by atoms with Gasteiger partial charge in [0.15, 0.2) is 0 Å². The van der Waals surface area contributed by atoms with Crippen LogP contribution in [0.4, 0.5) is 5.69 Å². The highest BCUT2D eigenvalue weighted by atomic mass is 16.3. The highest BCUT2D eigenvalue weighted by Crippen LogP contribution is 2.13. The normalized spacial score (nSPS) is 10.5. The third kappa shape index (κ3) is 3.23. The zero-order valence-corrected chi connectivity index (χ0v) is 10.5. The molecule has 96 valence electrons. The maximum absolute atomic E-state index is 12.3. The van der Waals surface area contributed by atoms with Gasteiger partial charge in [0, 0.05) is 25.8 Å². The predicted octanol–water partition coefficient (Wildman–Crippen LogP) is 0.935. The van der Waals surface area contributed by atoms with Gasteiger partial charge in [0.1, 0.15) is 5.69 Å². The molecule has 17 heavy (non-hydrogen) atoms. The van der Waals surface area contributed by atoms with Crippen LogP contribution in [0.3, 0.4) is 0 Å². The van der Waals surface area contributed by atoms with Crippen molar-refractivity contribution in [2.75, 3.05) is 25.4 Å². The smallest absolute Gasteiger partial charge is 0.270 e. The van der Waals surface area contributed by atoms with Crippen molar-refractivity contribution in [3.63, 3.8) is 0 Å². The van der Waals surface area contributed by atoms with E-state index in [1.807, 2.05) is 18.4 Å². The van der Waals surface area contributed by atoms with Crippen molar-refractivity contribution < 1.29 is 9.90 Å². The number of aryl methyl sites for hydroxylation is 1. The highest BCUT2D eigenvalue weighted by Gasteiger charge is 2.18. The minimum absolute atomic E-state index is 0.0198. The molecule has 1 heterocycles. The van der Waals surface area contributed by atoms with Gasteiger partial charge in [-0.1, -0.05) is 6.92 Å². The topological polar surface area (TPSA) is 71.5 Å². The molecule has 3 N–H and O–H groups in total. The molecule has 0 aliphatic carbocycles. The van der Waals surface area contributed by atoms with E-state index in [0.29, 0.717) is 31.0 Å². The van der Waals surface area contributed by atoms with Gasteiger partial charge in [0.25, 0.3) is 5.91 Å². The van der Waals surface area contributed by atoms with Crippen LogP contribution in [0.1, 0.15) is 30.8 Å². The Hall–Kier alpha value is -1.49. The van der Waals surface area contributed by atoms with E-state index in [9.17, 15) is 4.79 Å². The van der Waals surface area contributed by atoms with Crippen LogP contribution >= 0.6 is 0 Å². The molecule has 0 saturated heterocycles. The van der Waals surface area contributed by atoms with Crippen LogP contribution in [-0.2, 0) is 6.54 Å². The zero-order valence-electron chi connectivity index (χ0n) is 10.5. The van der Waals surface area contributed by atoms with Crippen molar-refractivity contribution in [3.8, 4) is 0 Å². The van der Waals surface area contributed by atoms with E-state index >= 15 is 0 Å². The van der Waals surface area contributed by atoms with Crippen LogP contribution in [0.2, 0.25) is 0 Å². The molecular weight excluding hydrogens is 218 g/mol. The van der Waals surface area contributed by atoms with E-state index in [4.69, 9.17) is 10.8 Å². The Bertz CT molecular complexity index is 368. The zero-order chi connectivity index (χ0) is 12.8. The first-order chi connectivity index (χ1) is 8.13. The number of anilines is 1. The third-order valence-electron chi connectivity index (χ3n) is 2.63. The average Bonchev–Trinajstić information content (AvgIpc) is 2.69. The van der Waals surface area contributed by atoms with Gasteiger partial charge in [-0.25, -0.2) is 0 Å². The summed E-state index contributed by atoms with van der Waals surface area (Å²) in [6.07, 6.45) is 2.63. The Kier molecular flexibility index (Phi) is 5.03. The van der Waals surface area contributed by atoms with E-state index in [1.165, 1.54) is 0 Å². The molecule has 1 aromatic heterocycles. The molecule has 5 nitrogen and oxygen atoms in total. The fourth-order valence-corrected chi connectivity index (χ4v) is 1.84. The van der Waals surface area contributed by atoms with Crippen molar-refractivity contribution in [2.45, 2.75) is 26.8 Å². The number of nitrogens with zero attached hydrogens (tertiary/aromatic N) is 2. The van der Waals surface area contributed by atoms with E-state index in [0.717, 1.165) is 6.42 Å². The molecule has 0 aliphatic heterocycles. The van der Waals surface area contributed by atoms with Gasteiger partial charge in [-0.15, -0.1) is 0 Å². The number of aliphatic hydroxyl groups excluding tert-OH is 1. The molecule has 0 aromatic carbocycles. The monoisotopic (exact) mass is 239 g/mol. The third-order valence-corrected chi connectivity index (χ3v) is 2.63. The van der Waals surface area contributed by atoms with Crippen LogP contribution < -0.4 is 5.73 Å². The SMILES string of the molecule is CCCN(CCO)C(=O)c1cc(N)cn1CC. The van der Waals surface area contributed by atoms with Crippen molar-refractivity contribution in [1.29, 1.82) is 0 Å². The first-order valence-electron chi connectivity index (χ1n) is 5.99. The maximum Gasteiger partial charge on any atom is 0.270 e. The molecule has 0 radical (unpaired) electrons. The average molecular weight is 239 g/mol. The van der Waals surface area contributed by atoms with Crippen LogP contribution in [0.25, 0.3) is 0 Å². The first-order valence-corrected chi connectivity index (χ1v) is 5.99. The molecule has 0 fully saturated rings. The van der Waals surface area contributed by atoms with E-state index < -0.39 is 0 Å². The molecule has 5 heteroatoms. The molecule has 0 spiro atoms. The van der Waals surface area contributed by atoms with Crippen molar-refractivity contribution >= 4 is 11.6 Å². The van der Waals surface area contributed by atoms with Gasteiger partial charge < -0.3 is 20.3 Å². The lowest BCUT2D eigenvalue weighted by Gasteiger charge is -2.21. The van der Waals surface area contributed by atoms with Crippen LogP contribution in [0, 0.1) is 0 Å². The van der Waals surface area contributed by atoms with Crippen molar-refractivity contribution in [3.05, 3.63) is 18.0 Å². The predicted molar refractivity (Wildman–Crippen MR) is 67.8 cm³/mol. The highest BCUT2D eigenvalue weighted by molar-refractivity contribution is 5.93. The molecule has 0 unspecified atom stereocenters. The fraction of sp³-hybridized carbons (Fsp3) is 0.583. The standard InChI is InChI=1S/C12H21N3O2/c1-3-5-15(6-7-16)12(17)11-8-10(13)9-14(11)4-2/h8-9,16H,3-7,13H2,1-2H3. The Morgan fingerprint density at radius 2 is 2.18 bits per heavy atom. The molecule has 0 atom stereocenters. The number of hydrogen-bond acceptors (Lipinski definition) is 3. The number of aromatic nitrogens is 1. The van der Waals surface area contributed by atoms with E-state index in [-0.39, 0.29) is 12.5 Å².